The second kappa shape index (κ2) is 9.14. The van der Waals surface area contributed by atoms with Gasteiger partial charge in [-0.15, -0.1) is 0 Å². The Morgan fingerprint density at radius 1 is 0.964 bits per heavy atom. The van der Waals surface area contributed by atoms with Gasteiger partial charge in [-0.1, -0.05) is 24.3 Å². The molecule has 0 aliphatic carbocycles. The summed E-state index contributed by atoms with van der Waals surface area (Å²) in [6.07, 6.45) is 3.07. The molecule has 0 saturated carbocycles. The van der Waals surface area contributed by atoms with Crippen LogP contribution in [0.15, 0.2) is 71.3 Å². The highest BCUT2D eigenvalue weighted by molar-refractivity contribution is 7.83. The first kappa shape index (κ1) is 19.6. The zero-order valence-electron chi connectivity index (χ0n) is 15.3. The highest BCUT2D eigenvalue weighted by atomic mass is 32.2. The van der Waals surface area contributed by atoms with Gasteiger partial charge < -0.3 is 15.1 Å². The standard InChI is InChI=1S/C21H20N2O4S/c1-28(26)14-16-4-2-5-17(12-16)20(24)22-13-15-7-9-18(10-8-15)23-21(25)19-6-3-11-27-19/h2-12H,13-14H2,1H3,(H,22,24)(H,23,25). The number of carbonyl (C=O) groups excluding carboxylic acids is 2. The molecule has 3 aromatic rings. The van der Waals surface area contributed by atoms with E-state index in [-0.39, 0.29) is 17.6 Å². The number of hydrogen-bond donors (Lipinski definition) is 2. The zero-order valence-corrected chi connectivity index (χ0v) is 16.1. The van der Waals surface area contributed by atoms with Crippen molar-refractivity contribution in [3.63, 3.8) is 0 Å². The van der Waals surface area contributed by atoms with Crippen LogP contribution in [0, 0.1) is 0 Å². The van der Waals surface area contributed by atoms with Gasteiger partial charge in [-0.2, -0.15) is 0 Å². The predicted molar refractivity (Wildman–Crippen MR) is 108 cm³/mol. The number of nitrogens with one attached hydrogen (secondary N) is 2. The first-order chi connectivity index (χ1) is 13.5. The average molecular weight is 396 g/mol. The molecule has 0 spiro atoms. The van der Waals surface area contributed by atoms with Crippen LogP contribution in [0.1, 0.15) is 32.0 Å². The van der Waals surface area contributed by atoms with E-state index in [1.807, 2.05) is 18.2 Å². The maximum Gasteiger partial charge on any atom is 0.291 e. The Hall–Kier alpha value is -3.19. The van der Waals surface area contributed by atoms with Gasteiger partial charge in [0.2, 0.25) is 0 Å². The summed E-state index contributed by atoms with van der Waals surface area (Å²) in [7, 11) is -0.956. The first-order valence-electron chi connectivity index (χ1n) is 8.62. The largest absolute Gasteiger partial charge is 0.459 e. The van der Waals surface area contributed by atoms with Crippen molar-refractivity contribution >= 4 is 28.3 Å². The van der Waals surface area contributed by atoms with E-state index in [1.54, 1.807) is 48.7 Å². The molecule has 0 aliphatic rings. The van der Waals surface area contributed by atoms with Gasteiger partial charge in [-0.3, -0.25) is 13.8 Å². The molecule has 0 radical (unpaired) electrons. The number of furan rings is 1. The van der Waals surface area contributed by atoms with Crippen molar-refractivity contribution in [1.82, 2.24) is 5.32 Å². The first-order valence-corrected chi connectivity index (χ1v) is 10.3. The lowest BCUT2D eigenvalue weighted by Gasteiger charge is -2.08. The van der Waals surface area contributed by atoms with Gasteiger partial charge in [-0.25, -0.2) is 0 Å². The molecule has 144 valence electrons. The van der Waals surface area contributed by atoms with Crippen LogP contribution in [0.3, 0.4) is 0 Å². The summed E-state index contributed by atoms with van der Waals surface area (Å²) in [5, 5.41) is 5.60. The zero-order chi connectivity index (χ0) is 19.9. The topological polar surface area (TPSA) is 88.4 Å². The molecule has 1 unspecified atom stereocenters. The summed E-state index contributed by atoms with van der Waals surface area (Å²) in [5.74, 6) is 0.148. The highest BCUT2D eigenvalue weighted by Gasteiger charge is 2.09. The Morgan fingerprint density at radius 3 is 2.43 bits per heavy atom. The van der Waals surface area contributed by atoms with Crippen LogP contribution in [-0.4, -0.2) is 22.3 Å². The number of amides is 2. The fourth-order valence-electron chi connectivity index (χ4n) is 2.63. The Labute approximate surface area is 165 Å². The molecule has 1 heterocycles. The van der Waals surface area contributed by atoms with Crippen molar-refractivity contribution in [2.24, 2.45) is 0 Å². The minimum atomic E-state index is -0.956. The molecular formula is C21H20N2O4S. The van der Waals surface area contributed by atoms with Crippen molar-refractivity contribution in [3.05, 3.63) is 89.4 Å². The maximum atomic E-state index is 12.3. The monoisotopic (exact) mass is 396 g/mol. The summed E-state index contributed by atoms with van der Waals surface area (Å²) >= 11 is 0. The van der Waals surface area contributed by atoms with Crippen molar-refractivity contribution in [2.45, 2.75) is 12.3 Å². The van der Waals surface area contributed by atoms with Gasteiger partial charge in [0.25, 0.3) is 11.8 Å². The molecule has 0 saturated heterocycles. The lowest BCUT2D eigenvalue weighted by molar-refractivity contribution is 0.0949. The van der Waals surface area contributed by atoms with Crippen molar-refractivity contribution in [3.8, 4) is 0 Å². The third-order valence-electron chi connectivity index (χ3n) is 3.97. The molecule has 0 aliphatic heterocycles. The summed E-state index contributed by atoms with van der Waals surface area (Å²) < 4.78 is 16.4. The van der Waals surface area contributed by atoms with Gasteiger partial charge in [-0.05, 0) is 47.5 Å². The number of hydrogen-bond acceptors (Lipinski definition) is 4. The second-order valence-corrected chi connectivity index (χ2v) is 7.66. The summed E-state index contributed by atoms with van der Waals surface area (Å²) in [6.45, 7) is 0.356. The normalized spacial score (nSPS) is 11.6. The van der Waals surface area contributed by atoms with E-state index in [0.717, 1.165) is 11.1 Å². The van der Waals surface area contributed by atoms with Gasteiger partial charge in [0.1, 0.15) is 0 Å². The van der Waals surface area contributed by atoms with Crippen LogP contribution >= 0.6 is 0 Å². The molecule has 2 aromatic carbocycles. The number of carbonyl (C=O) groups is 2. The summed E-state index contributed by atoms with van der Waals surface area (Å²) in [5.41, 5.74) is 2.93. The molecule has 1 aromatic heterocycles. The van der Waals surface area contributed by atoms with E-state index in [2.05, 4.69) is 10.6 Å². The van der Waals surface area contributed by atoms with E-state index >= 15 is 0 Å². The van der Waals surface area contributed by atoms with Crippen molar-refractivity contribution in [1.29, 1.82) is 0 Å². The fraction of sp³-hybridized carbons (Fsp3) is 0.143. The Kier molecular flexibility index (Phi) is 6.39. The quantitative estimate of drug-likeness (QED) is 0.641. The van der Waals surface area contributed by atoms with Crippen LogP contribution in [0.25, 0.3) is 0 Å². The number of anilines is 1. The average Bonchev–Trinajstić information content (AvgIpc) is 3.22. The molecule has 2 N–H and O–H groups in total. The molecule has 28 heavy (non-hydrogen) atoms. The van der Waals surface area contributed by atoms with E-state index < -0.39 is 10.8 Å². The summed E-state index contributed by atoms with van der Waals surface area (Å²) in [4.78, 5) is 24.3. The molecule has 6 nitrogen and oxygen atoms in total. The molecule has 0 fully saturated rings. The van der Waals surface area contributed by atoms with Crippen LogP contribution in [0.2, 0.25) is 0 Å². The van der Waals surface area contributed by atoms with Gasteiger partial charge >= 0.3 is 0 Å². The molecule has 1 atom stereocenters. The number of benzene rings is 2. The van der Waals surface area contributed by atoms with E-state index in [1.165, 1.54) is 6.26 Å². The fourth-order valence-corrected chi connectivity index (χ4v) is 3.28. The summed E-state index contributed by atoms with van der Waals surface area (Å²) in [6, 6.07) is 17.5. The highest BCUT2D eigenvalue weighted by Crippen LogP contribution is 2.12. The Balaban J connectivity index is 1.55. The molecule has 7 heteroatoms. The maximum absolute atomic E-state index is 12.3. The van der Waals surface area contributed by atoms with Crippen LogP contribution < -0.4 is 10.6 Å². The van der Waals surface area contributed by atoms with Gasteiger partial charge in [0.15, 0.2) is 5.76 Å². The van der Waals surface area contributed by atoms with Crippen LogP contribution in [0.5, 0.6) is 0 Å². The molecule has 3 rings (SSSR count). The molecule has 2 amide bonds. The minimum Gasteiger partial charge on any atom is -0.459 e. The third kappa shape index (κ3) is 5.40. The molecule has 0 bridgehead atoms. The second-order valence-electron chi connectivity index (χ2n) is 6.23. The third-order valence-corrected chi connectivity index (χ3v) is 4.71. The Morgan fingerprint density at radius 2 is 1.75 bits per heavy atom. The van der Waals surface area contributed by atoms with Crippen molar-refractivity contribution in [2.75, 3.05) is 11.6 Å². The molecular weight excluding hydrogens is 376 g/mol. The smallest absolute Gasteiger partial charge is 0.291 e. The lowest BCUT2D eigenvalue weighted by Crippen LogP contribution is -2.23. The van der Waals surface area contributed by atoms with Gasteiger partial charge in [0, 0.05) is 40.6 Å². The lowest BCUT2D eigenvalue weighted by atomic mass is 10.1. The van der Waals surface area contributed by atoms with E-state index in [0.29, 0.717) is 23.5 Å². The van der Waals surface area contributed by atoms with Crippen LogP contribution in [-0.2, 0) is 23.1 Å². The Bertz CT molecular complexity index is 982. The van der Waals surface area contributed by atoms with E-state index in [4.69, 9.17) is 4.42 Å². The van der Waals surface area contributed by atoms with E-state index in [9.17, 15) is 13.8 Å². The van der Waals surface area contributed by atoms with Crippen LogP contribution in [0.4, 0.5) is 5.69 Å². The number of rotatable bonds is 7. The van der Waals surface area contributed by atoms with Gasteiger partial charge in [0.05, 0.1) is 6.26 Å². The van der Waals surface area contributed by atoms with Crippen molar-refractivity contribution < 1.29 is 18.2 Å². The SMILES string of the molecule is CS(=O)Cc1cccc(C(=O)NCc2ccc(NC(=O)c3ccco3)cc2)c1. The predicted octanol–water partition coefficient (Wildman–Crippen LogP) is 3.34. The minimum absolute atomic E-state index is 0.195.